The molecule has 0 saturated carbocycles. The Morgan fingerprint density at radius 3 is 2.39 bits per heavy atom. The van der Waals surface area contributed by atoms with Gasteiger partial charge in [0.25, 0.3) is 0 Å². The maximum atomic E-state index is 13.7. The summed E-state index contributed by atoms with van der Waals surface area (Å²) in [6, 6.07) is 10.7. The largest absolute Gasteiger partial charge is 0.486 e. The molecule has 2 aromatic rings. The van der Waals surface area contributed by atoms with Gasteiger partial charge in [0.05, 0.1) is 11.4 Å². The number of anilines is 1. The van der Waals surface area contributed by atoms with Crippen molar-refractivity contribution < 1.29 is 27.5 Å². The fraction of sp³-hybridized carbons (Fsp3) is 0.440. The number of benzene rings is 2. The fourth-order valence-corrected chi connectivity index (χ4v) is 4.99. The Hall–Kier alpha value is -2.98. The first kappa shape index (κ1) is 27.6. The number of carbonyl (C=O) groups is 2. The summed E-state index contributed by atoms with van der Waals surface area (Å²) in [5.41, 5.74) is 0.987. The highest BCUT2D eigenvalue weighted by atomic mass is 35.5. The lowest BCUT2D eigenvalue weighted by Crippen LogP contribution is -2.52. The van der Waals surface area contributed by atoms with Crippen LogP contribution in [0, 0.1) is 0 Å². The lowest BCUT2D eigenvalue weighted by atomic mass is 10.1. The van der Waals surface area contributed by atoms with Gasteiger partial charge in [0.15, 0.2) is 11.5 Å². The quantitative estimate of drug-likeness (QED) is 0.499. The highest BCUT2D eigenvalue weighted by molar-refractivity contribution is 7.92. The molecule has 0 bridgehead atoms. The van der Waals surface area contributed by atoms with Crippen LogP contribution >= 0.6 is 11.6 Å². The molecule has 1 heterocycles. The molecule has 9 nitrogen and oxygen atoms in total. The lowest BCUT2D eigenvalue weighted by molar-refractivity contribution is -0.139. The molecule has 1 aliphatic rings. The summed E-state index contributed by atoms with van der Waals surface area (Å²) in [5.74, 6) is -0.181. The minimum Gasteiger partial charge on any atom is -0.486 e. The van der Waals surface area contributed by atoms with E-state index in [0.29, 0.717) is 35.3 Å². The average Bonchev–Trinajstić information content (AvgIpc) is 2.84. The Kier molecular flexibility index (Phi) is 9.08. The highest BCUT2D eigenvalue weighted by Crippen LogP contribution is 2.35. The van der Waals surface area contributed by atoms with Crippen LogP contribution in [0.3, 0.4) is 0 Å². The predicted molar refractivity (Wildman–Crippen MR) is 139 cm³/mol. The molecule has 1 N–H and O–H groups in total. The zero-order chi connectivity index (χ0) is 26.5. The molecule has 11 heteroatoms. The summed E-state index contributed by atoms with van der Waals surface area (Å²) in [6.07, 6.45) is 0. The summed E-state index contributed by atoms with van der Waals surface area (Å²) in [4.78, 5) is 27.8. The van der Waals surface area contributed by atoms with Gasteiger partial charge in [0.2, 0.25) is 21.8 Å². The SMILES string of the molecule is CCS(=O)(=O)N(CC(=O)N(Cc1cccc(Cl)c1)C(C)C(=O)NC(C)C)c1ccc2c(c1)OCCO2. The van der Waals surface area contributed by atoms with E-state index in [2.05, 4.69) is 5.32 Å². The Morgan fingerprint density at radius 2 is 1.75 bits per heavy atom. The summed E-state index contributed by atoms with van der Waals surface area (Å²) < 4.78 is 38.3. The minimum atomic E-state index is -3.85. The number of nitrogens with zero attached hydrogens (tertiary/aromatic N) is 2. The van der Waals surface area contributed by atoms with Gasteiger partial charge in [-0.05, 0) is 57.5 Å². The number of amides is 2. The zero-order valence-electron chi connectivity index (χ0n) is 20.9. The van der Waals surface area contributed by atoms with Crippen LogP contribution in [0.25, 0.3) is 0 Å². The van der Waals surface area contributed by atoms with Crippen LogP contribution in [0.2, 0.25) is 5.02 Å². The topological polar surface area (TPSA) is 105 Å². The molecule has 0 radical (unpaired) electrons. The van der Waals surface area contributed by atoms with Crippen molar-refractivity contribution in [2.45, 2.75) is 46.3 Å². The molecule has 0 spiro atoms. The normalized spacial score (nSPS) is 13.7. The molecule has 0 aromatic heterocycles. The highest BCUT2D eigenvalue weighted by Gasteiger charge is 2.31. The van der Waals surface area contributed by atoms with Crippen molar-refractivity contribution >= 4 is 39.1 Å². The van der Waals surface area contributed by atoms with Gasteiger partial charge in [-0.1, -0.05) is 23.7 Å². The van der Waals surface area contributed by atoms with Gasteiger partial charge in [-0.2, -0.15) is 0 Å². The number of ether oxygens (including phenoxy) is 2. The second-order valence-corrected chi connectivity index (χ2v) is 11.3. The van der Waals surface area contributed by atoms with E-state index >= 15 is 0 Å². The van der Waals surface area contributed by atoms with Crippen LogP contribution in [-0.4, -0.2) is 62.7 Å². The van der Waals surface area contributed by atoms with Crippen LogP contribution in [0.15, 0.2) is 42.5 Å². The van der Waals surface area contributed by atoms with Crippen LogP contribution in [0.5, 0.6) is 11.5 Å². The summed E-state index contributed by atoms with van der Waals surface area (Å²) in [5, 5.41) is 3.31. The standard InChI is InChI=1S/C25H32ClN3O6S/c1-5-36(32,33)29(21-9-10-22-23(14-21)35-12-11-34-22)16-24(30)28(18(4)25(31)27-17(2)3)15-19-7-6-8-20(26)13-19/h6-10,13-14,17-18H,5,11-12,15-16H2,1-4H3,(H,27,31). The average molecular weight is 538 g/mol. The van der Waals surface area contributed by atoms with Crippen molar-refractivity contribution in [3.8, 4) is 11.5 Å². The van der Waals surface area contributed by atoms with Gasteiger partial charge in [0.1, 0.15) is 25.8 Å². The first-order chi connectivity index (χ1) is 17.0. The molecule has 1 unspecified atom stereocenters. The third-order valence-electron chi connectivity index (χ3n) is 5.63. The van der Waals surface area contributed by atoms with E-state index in [-0.39, 0.29) is 29.9 Å². The van der Waals surface area contributed by atoms with Gasteiger partial charge < -0.3 is 19.7 Å². The molecule has 3 rings (SSSR count). The fourth-order valence-electron chi connectivity index (χ4n) is 3.73. The summed E-state index contributed by atoms with van der Waals surface area (Å²) >= 11 is 6.13. The van der Waals surface area contributed by atoms with Crippen molar-refractivity contribution in [3.05, 3.63) is 53.1 Å². The Bertz CT molecular complexity index is 1200. The third kappa shape index (κ3) is 6.82. The van der Waals surface area contributed by atoms with E-state index in [1.54, 1.807) is 49.4 Å². The molecule has 2 amide bonds. The molecular weight excluding hydrogens is 506 g/mol. The summed E-state index contributed by atoms with van der Waals surface area (Å²) in [7, 11) is -3.85. The summed E-state index contributed by atoms with van der Waals surface area (Å²) in [6.45, 7) is 7.10. The molecule has 0 saturated heterocycles. The maximum Gasteiger partial charge on any atom is 0.244 e. The van der Waals surface area contributed by atoms with Crippen molar-refractivity contribution in [3.63, 3.8) is 0 Å². The molecule has 1 atom stereocenters. The Balaban J connectivity index is 1.95. The van der Waals surface area contributed by atoms with Crippen molar-refractivity contribution in [1.29, 1.82) is 0 Å². The van der Waals surface area contributed by atoms with Crippen molar-refractivity contribution in [2.75, 3.05) is 29.8 Å². The molecular formula is C25H32ClN3O6S. The van der Waals surface area contributed by atoms with Crippen LogP contribution in [-0.2, 0) is 26.2 Å². The number of halogens is 1. The van der Waals surface area contributed by atoms with E-state index in [1.807, 2.05) is 13.8 Å². The molecule has 1 aliphatic heterocycles. The number of rotatable bonds is 10. The van der Waals surface area contributed by atoms with Gasteiger partial charge in [0, 0.05) is 23.7 Å². The number of carbonyl (C=O) groups excluding carboxylic acids is 2. The first-order valence-corrected chi connectivity index (χ1v) is 13.7. The van der Waals surface area contributed by atoms with Gasteiger partial charge in [-0.25, -0.2) is 8.42 Å². The number of hydrogen-bond donors (Lipinski definition) is 1. The minimum absolute atomic E-state index is 0.0766. The Morgan fingerprint density at radius 1 is 1.06 bits per heavy atom. The third-order valence-corrected chi connectivity index (χ3v) is 7.61. The second kappa shape index (κ2) is 11.8. The molecule has 0 fully saturated rings. The number of sulfonamides is 1. The van der Waals surface area contributed by atoms with E-state index < -0.39 is 28.5 Å². The molecule has 196 valence electrons. The van der Waals surface area contributed by atoms with Crippen LogP contribution in [0.1, 0.15) is 33.3 Å². The molecule has 36 heavy (non-hydrogen) atoms. The van der Waals surface area contributed by atoms with Gasteiger partial charge in [-0.3, -0.25) is 13.9 Å². The number of fused-ring (bicyclic) bond motifs is 1. The molecule has 2 aromatic carbocycles. The van der Waals surface area contributed by atoms with Crippen LogP contribution < -0.4 is 19.1 Å². The maximum absolute atomic E-state index is 13.7. The van der Waals surface area contributed by atoms with Gasteiger partial charge >= 0.3 is 0 Å². The predicted octanol–water partition coefficient (Wildman–Crippen LogP) is 3.21. The number of hydrogen-bond acceptors (Lipinski definition) is 6. The smallest absolute Gasteiger partial charge is 0.244 e. The second-order valence-electron chi connectivity index (χ2n) is 8.73. The molecule has 0 aliphatic carbocycles. The van der Waals surface area contributed by atoms with Crippen molar-refractivity contribution in [1.82, 2.24) is 10.2 Å². The van der Waals surface area contributed by atoms with E-state index in [0.717, 1.165) is 4.31 Å². The number of nitrogens with one attached hydrogen (secondary N) is 1. The van der Waals surface area contributed by atoms with E-state index in [1.165, 1.54) is 11.8 Å². The van der Waals surface area contributed by atoms with Gasteiger partial charge in [-0.15, -0.1) is 0 Å². The van der Waals surface area contributed by atoms with Crippen LogP contribution in [0.4, 0.5) is 5.69 Å². The van der Waals surface area contributed by atoms with Crippen molar-refractivity contribution in [2.24, 2.45) is 0 Å². The zero-order valence-corrected chi connectivity index (χ0v) is 22.4. The lowest BCUT2D eigenvalue weighted by Gasteiger charge is -2.32. The van der Waals surface area contributed by atoms with E-state index in [9.17, 15) is 18.0 Å². The monoisotopic (exact) mass is 537 g/mol. The first-order valence-electron chi connectivity index (χ1n) is 11.8. The Labute approximate surface area is 217 Å². The van der Waals surface area contributed by atoms with E-state index in [4.69, 9.17) is 21.1 Å².